The van der Waals surface area contributed by atoms with Crippen LogP contribution in [0.15, 0.2) is 16.6 Å². The lowest BCUT2D eigenvalue weighted by Gasteiger charge is -2.36. The maximum atomic E-state index is 13.7. The van der Waals surface area contributed by atoms with Gasteiger partial charge < -0.3 is 10.2 Å². The van der Waals surface area contributed by atoms with E-state index in [2.05, 4.69) is 21.2 Å². The average Bonchev–Trinajstić information content (AvgIpc) is 2.19. The number of piperazine rings is 1. The minimum atomic E-state index is -0.513. The summed E-state index contributed by atoms with van der Waals surface area (Å²) < 4.78 is 27.9. The zero-order valence-electron chi connectivity index (χ0n) is 8.93. The van der Waals surface area contributed by atoms with Gasteiger partial charge in [-0.1, -0.05) is 15.9 Å². The molecule has 0 saturated carbocycles. The van der Waals surface area contributed by atoms with E-state index in [1.807, 2.05) is 6.92 Å². The molecule has 1 aromatic carbocycles. The van der Waals surface area contributed by atoms with Crippen LogP contribution in [-0.2, 0) is 0 Å². The predicted molar refractivity (Wildman–Crippen MR) is 63.7 cm³/mol. The standard InChI is InChI=1S/C11H13BrF2N2/c1-7-6-15-2-3-16(7)11-9(13)4-8(12)5-10(11)14/h4-5,7,15H,2-3,6H2,1H3. The van der Waals surface area contributed by atoms with Crippen LogP contribution in [0.2, 0.25) is 0 Å². The fourth-order valence-corrected chi connectivity index (χ4v) is 2.38. The quantitative estimate of drug-likeness (QED) is 0.855. The van der Waals surface area contributed by atoms with Gasteiger partial charge in [-0.25, -0.2) is 8.78 Å². The lowest BCUT2D eigenvalue weighted by atomic mass is 10.1. The number of anilines is 1. The molecular formula is C11H13BrF2N2. The highest BCUT2D eigenvalue weighted by molar-refractivity contribution is 9.10. The minimum Gasteiger partial charge on any atom is -0.362 e. The molecule has 16 heavy (non-hydrogen) atoms. The molecule has 2 nitrogen and oxygen atoms in total. The van der Waals surface area contributed by atoms with E-state index in [-0.39, 0.29) is 11.7 Å². The number of benzene rings is 1. The molecule has 88 valence electrons. The second kappa shape index (κ2) is 4.67. The van der Waals surface area contributed by atoms with Crippen LogP contribution in [0.25, 0.3) is 0 Å². The number of nitrogens with zero attached hydrogens (tertiary/aromatic N) is 1. The van der Waals surface area contributed by atoms with Crippen molar-refractivity contribution in [3.05, 3.63) is 28.2 Å². The average molecular weight is 291 g/mol. The minimum absolute atomic E-state index is 0.0807. The van der Waals surface area contributed by atoms with Gasteiger partial charge in [0.05, 0.1) is 0 Å². The second-order valence-corrected chi connectivity index (χ2v) is 4.88. The normalized spacial score (nSPS) is 21.2. The van der Waals surface area contributed by atoms with Crippen LogP contribution in [0, 0.1) is 11.6 Å². The summed E-state index contributed by atoms with van der Waals surface area (Å²) in [5, 5.41) is 3.19. The largest absolute Gasteiger partial charge is 0.362 e. The van der Waals surface area contributed by atoms with Gasteiger partial charge in [-0.3, -0.25) is 0 Å². The van der Waals surface area contributed by atoms with E-state index < -0.39 is 11.6 Å². The fourth-order valence-electron chi connectivity index (χ4n) is 1.98. The maximum Gasteiger partial charge on any atom is 0.150 e. The first-order chi connectivity index (χ1) is 7.59. The molecule has 0 spiro atoms. The first kappa shape index (κ1) is 11.8. The van der Waals surface area contributed by atoms with E-state index >= 15 is 0 Å². The Morgan fingerprint density at radius 3 is 2.56 bits per heavy atom. The summed E-state index contributed by atoms with van der Waals surface area (Å²) in [5.74, 6) is -1.03. The summed E-state index contributed by atoms with van der Waals surface area (Å²) in [5.41, 5.74) is 0.0807. The molecule has 0 aromatic heterocycles. The predicted octanol–water partition coefficient (Wildman–Crippen LogP) is 2.53. The van der Waals surface area contributed by atoms with E-state index in [4.69, 9.17) is 0 Å². The van der Waals surface area contributed by atoms with Gasteiger partial charge in [-0.2, -0.15) is 0 Å². The van der Waals surface area contributed by atoms with Crippen molar-refractivity contribution < 1.29 is 8.78 Å². The Kier molecular flexibility index (Phi) is 3.44. The molecule has 0 aliphatic carbocycles. The Morgan fingerprint density at radius 1 is 1.38 bits per heavy atom. The molecule has 1 atom stereocenters. The Morgan fingerprint density at radius 2 is 2.00 bits per heavy atom. The first-order valence-corrected chi connectivity index (χ1v) is 6.01. The highest BCUT2D eigenvalue weighted by Gasteiger charge is 2.24. The Balaban J connectivity index is 2.38. The zero-order chi connectivity index (χ0) is 11.7. The number of rotatable bonds is 1. The topological polar surface area (TPSA) is 15.3 Å². The van der Waals surface area contributed by atoms with Gasteiger partial charge in [-0.15, -0.1) is 0 Å². The molecule has 1 saturated heterocycles. The smallest absolute Gasteiger partial charge is 0.150 e. The molecule has 1 unspecified atom stereocenters. The summed E-state index contributed by atoms with van der Waals surface area (Å²) in [7, 11) is 0. The van der Waals surface area contributed by atoms with Crippen LogP contribution in [0.1, 0.15) is 6.92 Å². The van der Waals surface area contributed by atoms with Gasteiger partial charge in [0.25, 0.3) is 0 Å². The maximum absolute atomic E-state index is 13.7. The van der Waals surface area contributed by atoms with Crippen molar-refractivity contribution in [2.75, 3.05) is 24.5 Å². The third kappa shape index (κ3) is 2.20. The van der Waals surface area contributed by atoms with Crippen molar-refractivity contribution in [2.24, 2.45) is 0 Å². The van der Waals surface area contributed by atoms with Gasteiger partial charge >= 0.3 is 0 Å². The van der Waals surface area contributed by atoms with E-state index in [0.717, 1.165) is 13.1 Å². The lowest BCUT2D eigenvalue weighted by Crippen LogP contribution is -2.50. The zero-order valence-corrected chi connectivity index (χ0v) is 10.5. The van der Waals surface area contributed by atoms with Gasteiger partial charge in [0.1, 0.15) is 5.69 Å². The Labute approximate surface area is 102 Å². The number of hydrogen-bond acceptors (Lipinski definition) is 2. The van der Waals surface area contributed by atoms with E-state index in [1.54, 1.807) is 4.90 Å². The van der Waals surface area contributed by atoms with Crippen LogP contribution in [-0.4, -0.2) is 25.7 Å². The highest BCUT2D eigenvalue weighted by Crippen LogP contribution is 2.28. The third-order valence-electron chi connectivity index (χ3n) is 2.77. The molecule has 5 heteroatoms. The number of halogens is 3. The molecular weight excluding hydrogens is 278 g/mol. The van der Waals surface area contributed by atoms with Crippen molar-refractivity contribution in [2.45, 2.75) is 13.0 Å². The first-order valence-electron chi connectivity index (χ1n) is 5.21. The molecule has 0 radical (unpaired) electrons. The van der Waals surface area contributed by atoms with Crippen molar-refractivity contribution in [3.8, 4) is 0 Å². The summed E-state index contributed by atoms with van der Waals surface area (Å²) in [6.45, 7) is 4.07. The van der Waals surface area contributed by atoms with Crippen LogP contribution in [0.4, 0.5) is 14.5 Å². The molecule has 1 aromatic rings. The van der Waals surface area contributed by atoms with E-state index in [9.17, 15) is 8.78 Å². The van der Waals surface area contributed by atoms with Crippen molar-refractivity contribution in [1.82, 2.24) is 5.32 Å². The summed E-state index contributed by atoms with van der Waals surface area (Å²) in [6, 6.07) is 2.69. The summed E-state index contributed by atoms with van der Waals surface area (Å²) >= 11 is 3.08. The van der Waals surface area contributed by atoms with Crippen molar-refractivity contribution in [3.63, 3.8) is 0 Å². The lowest BCUT2D eigenvalue weighted by molar-refractivity contribution is 0.477. The molecule has 0 bridgehead atoms. The number of nitrogens with one attached hydrogen (secondary N) is 1. The van der Waals surface area contributed by atoms with Gasteiger partial charge in [0, 0.05) is 30.1 Å². The Hall–Kier alpha value is -0.680. The fraction of sp³-hybridized carbons (Fsp3) is 0.455. The van der Waals surface area contributed by atoms with Crippen LogP contribution in [0.3, 0.4) is 0 Å². The van der Waals surface area contributed by atoms with Gasteiger partial charge in [-0.05, 0) is 19.1 Å². The molecule has 1 heterocycles. The molecule has 1 fully saturated rings. The van der Waals surface area contributed by atoms with Gasteiger partial charge in [0.15, 0.2) is 11.6 Å². The van der Waals surface area contributed by atoms with Crippen molar-refractivity contribution >= 4 is 21.6 Å². The molecule has 1 aliphatic heterocycles. The summed E-state index contributed by atoms with van der Waals surface area (Å²) in [4.78, 5) is 1.77. The van der Waals surface area contributed by atoms with Gasteiger partial charge in [0.2, 0.25) is 0 Å². The van der Waals surface area contributed by atoms with Crippen LogP contribution < -0.4 is 10.2 Å². The molecule has 1 aliphatic rings. The molecule has 1 N–H and O–H groups in total. The number of hydrogen-bond donors (Lipinski definition) is 1. The van der Waals surface area contributed by atoms with E-state index in [0.29, 0.717) is 11.0 Å². The SMILES string of the molecule is CC1CNCCN1c1c(F)cc(Br)cc1F. The Bertz CT molecular complexity index is 375. The van der Waals surface area contributed by atoms with Crippen LogP contribution >= 0.6 is 15.9 Å². The monoisotopic (exact) mass is 290 g/mol. The highest BCUT2D eigenvalue weighted by atomic mass is 79.9. The van der Waals surface area contributed by atoms with Crippen molar-refractivity contribution in [1.29, 1.82) is 0 Å². The third-order valence-corrected chi connectivity index (χ3v) is 3.23. The van der Waals surface area contributed by atoms with E-state index in [1.165, 1.54) is 12.1 Å². The molecule has 0 amide bonds. The molecule has 2 rings (SSSR count). The summed E-state index contributed by atoms with van der Waals surface area (Å²) in [6.07, 6.45) is 0. The second-order valence-electron chi connectivity index (χ2n) is 3.96. The van der Waals surface area contributed by atoms with Crippen LogP contribution in [0.5, 0.6) is 0 Å².